The SMILES string of the molecule is COC(=O)C(=C1C=CC=N1)c1ccc(C(C(=O)OC)=c2ccc(=C(C(=O)OC)C3=NC(=C(C)C)C=C3)[nH]2)[nH]1. The summed E-state index contributed by atoms with van der Waals surface area (Å²) in [6.07, 6.45) is 8.50. The third-order valence-corrected chi connectivity index (χ3v) is 5.84. The van der Waals surface area contributed by atoms with Crippen LogP contribution in [0, 0.1) is 0 Å². The minimum atomic E-state index is -0.637. The number of allylic oxidation sites excluding steroid dienone is 5. The summed E-state index contributed by atoms with van der Waals surface area (Å²) in [5.74, 6) is -1.81. The van der Waals surface area contributed by atoms with Gasteiger partial charge in [0.25, 0.3) is 0 Å². The molecule has 0 saturated carbocycles. The van der Waals surface area contributed by atoms with Crippen LogP contribution in [0.25, 0.3) is 16.7 Å². The molecule has 10 nitrogen and oxygen atoms in total. The number of carbonyl (C=O) groups excluding carboxylic acids is 3. The summed E-state index contributed by atoms with van der Waals surface area (Å²) < 4.78 is 15.0. The molecule has 38 heavy (non-hydrogen) atoms. The molecule has 194 valence electrons. The first-order valence-corrected chi connectivity index (χ1v) is 11.6. The lowest BCUT2D eigenvalue weighted by Gasteiger charge is -2.06. The van der Waals surface area contributed by atoms with E-state index in [4.69, 9.17) is 14.2 Å². The number of aliphatic imine (C=N–C) groups is 2. The minimum Gasteiger partial charge on any atom is -0.465 e. The Balaban J connectivity index is 1.92. The van der Waals surface area contributed by atoms with E-state index in [-0.39, 0.29) is 16.7 Å². The number of aromatic nitrogens is 2. The largest absolute Gasteiger partial charge is 0.465 e. The topological polar surface area (TPSA) is 135 Å². The zero-order valence-electron chi connectivity index (χ0n) is 21.5. The third kappa shape index (κ3) is 4.96. The molecule has 0 spiro atoms. The van der Waals surface area contributed by atoms with E-state index in [9.17, 15) is 14.4 Å². The summed E-state index contributed by atoms with van der Waals surface area (Å²) in [5, 5.41) is 0.777. The summed E-state index contributed by atoms with van der Waals surface area (Å²) in [6, 6.07) is 6.60. The van der Waals surface area contributed by atoms with Gasteiger partial charge in [0, 0.05) is 6.21 Å². The summed E-state index contributed by atoms with van der Waals surface area (Å²) >= 11 is 0. The van der Waals surface area contributed by atoms with Gasteiger partial charge in [-0.15, -0.1) is 0 Å². The second-order valence-corrected chi connectivity index (χ2v) is 8.41. The lowest BCUT2D eigenvalue weighted by molar-refractivity contribution is -0.134. The molecule has 4 heterocycles. The molecule has 0 fully saturated rings. The Bertz CT molecular complexity index is 1620. The van der Waals surface area contributed by atoms with Crippen LogP contribution >= 0.6 is 0 Å². The van der Waals surface area contributed by atoms with Crippen molar-refractivity contribution in [3.8, 4) is 0 Å². The van der Waals surface area contributed by atoms with E-state index in [1.165, 1.54) is 21.3 Å². The van der Waals surface area contributed by atoms with Crippen LogP contribution in [0.2, 0.25) is 0 Å². The summed E-state index contributed by atoms with van der Waals surface area (Å²) in [4.78, 5) is 53.1. The van der Waals surface area contributed by atoms with Crippen molar-refractivity contribution in [2.45, 2.75) is 13.8 Å². The quantitative estimate of drug-likeness (QED) is 0.343. The van der Waals surface area contributed by atoms with Crippen LogP contribution in [0.15, 0.2) is 75.5 Å². The molecule has 2 aromatic heterocycles. The van der Waals surface area contributed by atoms with E-state index in [0.717, 1.165) is 11.3 Å². The van der Waals surface area contributed by atoms with Crippen LogP contribution in [-0.2, 0) is 28.6 Å². The smallest absolute Gasteiger partial charge is 0.342 e. The fourth-order valence-corrected chi connectivity index (χ4v) is 3.98. The number of ether oxygens (including phenoxy) is 3. The van der Waals surface area contributed by atoms with Gasteiger partial charge in [-0.2, -0.15) is 0 Å². The number of H-pyrrole nitrogens is 2. The van der Waals surface area contributed by atoms with Gasteiger partial charge in [0.15, 0.2) is 0 Å². The molecule has 0 aromatic carbocycles. The Kier molecular flexibility index (Phi) is 7.52. The van der Waals surface area contributed by atoms with Crippen LogP contribution in [0.3, 0.4) is 0 Å². The number of aromatic amines is 2. The van der Waals surface area contributed by atoms with Crippen molar-refractivity contribution in [3.05, 3.63) is 87.6 Å². The molecule has 0 saturated heterocycles. The lowest BCUT2D eigenvalue weighted by Crippen LogP contribution is -2.25. The normalized spacial score (nSPS) is 16.8. The van der Waals surface area contributed by atoms with Crippen molar-refractivity contribution in [2.75, 3.05) is 21.3 Å². The summed E-state index contributed by atoms with van der Waals surface area (Å²) in [7, 11) is 3.83. The van der Waals surface area contributed by atoms with Crippen molar-refractivity contribution in [1.82, 2.24) is 9.97 Å². The predicted octanol–water partition coefficient (Wildman–Crippen LogP) is 1.87. The van der Waals surface area contributed by atoms with Gasteiger partial charge in [-0.25, -0.2) is 19.4 Å². The number of nitrogens with one attached hydrogen (secondary N) is 2. The van der Waals surface area contributed by atoms with Gasteiger partial charge in [0.2, 0.25) is 0 Å². The standard InChI is InChI=1S/C28H26N4O6/c1-15(2)16-8-9-19(30-16)24(27(34)37-4)20-12-13-22(32-20)25(28(35)38-5)21-11-10-18(31-21)23(26(33)36-3)17-7-6-14-29-17/h6-14,31-32H,1-5H3. The molecule has 0 unspecified atom stereocenters. The van der Waals surface area contributed by atoms with Gasteiger partial charge < -0.3 is 24.2 Å². The average molecular weight is 515 g/mol. The Morgan fingerprint density at radius 1 is 0.684 bits per heavy atom. The molecular weight excluding hydrogens is 488 g/mol. The first-order valence-electron chi connectivity index (χ1n) is 11.6. The highest BCUT2D eigenvalue weighted by Gasteiger charge is 2.24. The minimum absolute atomic E-state index is 0.155. The van der Waals surface area contributed by atoms with Crippen molar-refractivity contribution in [3.63, 3.8) is 0 Å². The van der Waals surface area contributed by atoms with E-state index in [1.54, 1.807) is 48.7 Å². The number of carbonyl (C=O) groups is 3. The van der Waals surface area contributed by atoms with E-state index < -0.39 is 17.9 Å². The van der Waals surface area contributed by atoms with E-state index in [1.807, 2.05) is 19.9 Å². The van der Waals surface area contributed by atoms with Crippen molar-refractivity contribution >= 4 is 46.6 Å². The zero-order chi connectivity index (χ0) is 27.4. The number of methoxy groups -OCH3 is 3. The Labute approximate surface area is 218 Å². The first kappa shape index (κ1) is 26.1. The molecule has 10 heteroatoms. The Hall–Kier alpha value is -4.99. The van der Waals surface area contributed by atoms with E-state index in [0.29, 0.717) is 33.5 Å². The van der Waals surface area contributed by atoms with Crippen molar-refractivity contribution in [1.29, 1.82) is 0 Å². The fourth-order valence-electron chi connectivity index (χ4n) is 3.98. The highest BCUT2D eigenvalue weighted by atomic mass is 16.5. The van der Waals surface area contributed by atoms with Gasteiger partial charge in [0.1, 0.15) is 16.7 Å². The predicted molar refractivity (Wildman–Crippen MR) is 142 cm³/mol. The molecule has 0 bridgehead atoms. The number of hydrogen-bond donors (Lipinski definition) is 2. The Morgan fingerprint density at radius 2 is 1.26 bits per heavy atom. The number of esters is 3. The zero-order valence-corrected chi connectivity index (χ0v) is 21.5. The maximum Gasteiger partial charge on any atom is 0.342 e. The number of nitrogens with zero attached hydrogens (tertiary/aromatic N) is 2. The molecule has 2 N–H and O–H groups in total. The second-order valence-electron chi connectivity index (χ2n) is 8.41. The van der Waals surface area contributed by atoms with Crippen LogP contribution < -0.4 is 10.7 Å². The van der Waals surface area contributed by atoms with Gasteiger partial charge in [-0.05, 0) is 62.4 Å². The molecule has 0 atom stereocenters. The maximum atomic E-state index is 12.9. The fraction of sp³-hybridized carbons (Fsp3) is 0.179. The summed E-state index contributed by atoms with van der Waals surface area (Å²) in [6.45, 7) is 3.85. The second kappa shape index (κ2) is 11.0. The van der Waals surface area contributed by atoms with Crippen molar-refractivity contribution in [2.24, 2.45) is 9.98 Å². The monoisotopic (exact) mass is 514 g/mol. The first-order chi connectivity index (χ1) is 18.3. The third-order valence-electron chi connectivity index (χ3n) is 5.84. The molecular formula is C28H26N4O6. The van der Waals surface area contributed by atoms with Crippen LogP contribution in [-0.4, -0.2) is 61.1 Å². The lowest BCUT2D eigenvalue weighted by atomic mass is 10.1. The van der Waals surface area contributed by atoms with E-state index in [2.05, 4.69) is 20.0 Å². The molecule has 0 aliphatic carbocycles. The van der Waals surface area contributed by atoms with E-state index >= 15 is 0 Å². The average Bonchev–Trinajstić information content (AvgIpc) is 3.73. The number of hydrogen-bond acceptors (Lipinski definition) is 8. The van der Waals surface area contributed by atoms with Crippen LogP contribution in [0.1, 0.15) is 25.2 Å². The summed E-state index contributed by atoms with van der Waals surface area (Å²) in [5.41, 5.74) is 3.96. The van der Waals surface area contributed by atoms with Gasteiger partial charge in [-0.1, -0.05) is 5.57 Å². The van der Waals surface area contributed by atoms with Gasteiger partial charge in [-0.3, -0.25) is 4.99 Å². The molecule has 4 rings (SSSR count). The molecule has 2 aromatic rings. The number of rotatable bonds is 6. The molecule has 2 aliphatic heterocycles. The van der Waals surface area contributed by atoms with Crippen molar-refractivity contribution < 1.29 is 28.6 Å². The van der Waals surface area contributed by atoms with Crippen LogP contribution in [0.4, 0.5) is 0 Å². The van der Waals surface area contributed by atoms with Gasteiger partial charge in [0.05, 0.1) is 60.5 Å². The highest BCUT2D eigenvalue weighted by molar-refractivity contribution is 6.44. The molecule has 2 aliphatic rings. The molecule has 0 radical (unpaired) electrons. The highest BCUT2D eigenvalue weighted by Crippen LogP contribution is 2.25. The van der Waals surface area contributed by atoms with Crippen LogP contribution in [0.5, 0.6) is 0 Å². The van der Waals surface area contributed by atoms with Gasteiger partial charge >= 0.3 is 17.9 Å². The maximum absolute atomic E-state index is 12.9. The Morgan fingerprint density at radius 3 is 1.82 bits per heavy atom. The molecule has 0 amide bonds.